The van der Waals surface area contributed by atoms with Crippen LogP contribution in [0.15, 0.2) is 59.5 Å². The van der Waals surface area contributed by atoms with Crippen LogP contribution in [0.5, 0.6) is 0 Å². The quantitative estimate of drug-likeness (QED) is 0.822. The van der Waals surface area contributed by atoms with Crippen molar-refractivity contribution in [3.05, 3.63) is 66.0 Å². The van der Waals surface area contributed by atoms with E-state index in [2.05, 4.69) is 0 Å². The van der Waals surface area contributed by atoms with Gasteiger partial charge in [-0.1, -0.05) is 30.3 Å². The number of carbonyl (C=O) groups excluding carboxylic acids is 1. The molecule has 0 heterocycles. The van der Waals surface area contributed by atoms with Crippen LogP contribution in [0.1, 0.15) is 18.4 Å². The molecule has 0 spiro atoms. The van der Waals surface area contributed by atoms with Gasteiger partial charge >= 0.3 is 5.97 Å². The monoisotopic (exact) mass is 363 g/mol. The molecule has 2 N–H and O–H groups in total. The van der Waals surface area contributed by atoms with Crippen molar-refractivity contribution in [2.45, 2.75) is 28.5 Å². The molecule has 25 heavy (non-hydrogen) atoms. The highest BCUT2D eigenvalue weighted by atomic mass is 32.2. The molecule has 0 radical (unpaired) electrons. The van der Waals surface area contributed by atoms with Crippen molar-refractivity contribution in [1.82, 2.24) is 0 Å². The summed E-state index contributed by atoms with van der Waals surface area (Å²) in [6, 6.07) is 13.1. The highest BCUT2D eigenvalue weighted by Crippen LogP contribution is 2.56. The Hall–Kier alpha value is -2.25. The van der Waals surface area contributed by atoms with Crippen LogP contribution < -0.4 is 5.73 Å². The van der Waals surface area contributed by atoms with Gasteiger partial charge in [-0.15, -0.1) is 0 Å². The van der Waals surface area contributed by atoms with Gasteiger partial charge < -0.3 is 10.5 Å². The second kappa shape index (κ2) is 6.24. The van der Waals surface area contributed by atoms with E-state index in [1.807, 2.05) is 0 Å². The molecule has 3 atom stereocenters. The topological polar surface area (TPSA) is 86.5 Å². The van der Waals surface area contributed by atoms with Crippen LogP contribution in [0.25, 0.3) is 0 Å². The fourth-order valence-corrected chi connectivity index (χ4v) is 5.43. The van der Waals surface area contributed by atoms with Crippen molar-refractivity contribution < 1.29 is 22.3 Å². The standard InChI is InChI=1S/C18H18FNO4S/c1-2-24-17(21)18(20)15(12-8-10-13(19)11-9-12)16(18)25(22,23)14-6-4-3-5-7-14/h3-11,15-16H,2,20H2,1H3. The lowest BCUT2D eigenvalue weighted by molar-refractivity contribution is -0.145. The van der Waals surface area contributed by atoms with E-state index in [9.17, 15) is 17.6 Å². The lowest BCUT2D eigenvalue weighted by atomic mass is 10.1. The van der Waals surface area contributed by atoms with Crippen molar-refractivity contribution in [1.29, 1.82) is 0 Å². The van der Waals surface area contributed by atoms with Crippen molar-refractivity contribution in [3.63, 3.8) is 0 Å². The van der Waals surface area contributed by atoms with E-state index < -0.39 is 38.3 Å². The predicted octanol–water partition coefficient (Wildman–Crippen LogP) is 2.03. The predicted molar refractivity (Wildman–Crippen MR) is 90.1 cm³/mol. The van der Waals surface area contributed by atoms with Crippen molar-refractivity contribution in [2.75, 3.05) is 6.61 Å². The molecule has 132 valence electrons. The number of halogens is 1. The van der Waals surface area contributed by atoms with Crippen LogP contribution in [0.2, 0.25) is 0 Å². The van der Waals surface area contributed by atoms with E-state index in [4.69, 9.17) is 10.5 Å². The summed E-state index contributed by atoms with van der Waals surface area (Å²) in [6.07, 6.45) is 0. The lowest BCUT2D eigenvalue weighted by Crippen LogP contribution is -2.41. The molecule has 3 rings (SSSR count). The zero-order valence-corrected chi connectivity index (χ0v) is 14.4. The first-order valence-corrected chi connectivity index (χ1v) is 9.38. The molecule has 0 aromatic heterocycles. The Bertz CT molecular complexity index is 883. The Kier molecular flexibility index (Phi) is 4.38. The van der Waals surface area contributed by atoms with Gasteiger partial charge in [-0.25, -0.2) is 17.6 Å². The van der Waals surface area contributed by atoms with E-state index in [0.717, 1.165) is 0 Å². The number of sulfone groups is 1. The van der Waals surface area contributed by atoms with Gasteiger partial charge in [-0.2, -0.15) is 0 Å². The molecule has 1 saturated carbocycles. The minimum Gasteiger partial charge on any atom is -0.465 e. The molecule has 1 aliphatic rings. The van der Waals surface area contributed by atoms with E-state index in [1.165, 1.54) is 36.4 Å². The van der Waals surface area contributed by atoms with Gasteiger partial charge in [0, 0.05) is 5.92 Å². The molecule has 0 aliphatic heterocycles. The zero-order chi connectivity index (χ0) is 18.2. The van der Waals surface area contributed by atoms with Crippen molar-refractivity contribution in [3.8, 4) is 0 Å². The number of hydrogen-bond donors (Lipinski definition) is 1. The molecular weight excluding hydrogens is 345 g/mol. The summed E-state index contributed by atoms with van der Waals surface area (Å²) in [4.78, 5) is 12.5. The van der Waals surface area contributed by atoms with Crippen molar-refractivity contribution in [2.24, 2.45) is 5.73 Å². The number of ether oxygens (including phenoxy) is 1. The first kappa shape index (κ1) is 17.6. The number of carbonyl (C=O) groups is 1. The maximum absolute atomic E-state index is 13.2. The lowest BCUT2D eigenvalue weighted by Gasteiger charge is -2.11. The summed E-state index contributed by atoms with van der Waals surface area (Å²) in [5, 5.41) is -1.16. The zero-order valence-electron chi connectivity index (χ0n) is 13.6. The summed E-state index contributed by atoms with van der Waals surface area (Å²) < 4.78 is 44.2. The molecule has 0 saturated heterocycles. The number of rotatable bonds is 5. The molecule has 1 aliphatic carbocycles. The number of benzene rings is 2. The van der Waals surface area contributed by atoms with Gasteiger partial charge in [-0.05, 0) is 36.8 Å². The normalized spacial score (nSPS) is 25.4. The van der Waals surface area contributed by atoms with Crippen LogP contribution in [-0.4, -0.2) is 31.8 Å². The van der Waals surface area contributed by atoms with Crippen LogP contribution in [0.3, 0.4) is 0 Å². The van der Waals surface area contributed by atoms with E-state index in [-0.39, 0.29) is 11.5 Å². The Morgan fingerprint density at radius 2 is 1.76 bits per heavy atom. The highest BCUT2D eigenvalue weighted by molar-refractivity contribution is 7.92. The second-order valence-electron chi connectivity index (χ2n) is 5.96. The molecule has 0 bridgehead atoms. The summed E-state index contributed by atoms with van der Waals surface area (Å²) in [7, 11) is -3.86. The fraction of sp³-hybridized carbons (Fsp3) is 0.278. The average molecular weight is 363 g/mol. The summed E-state index contributed by atoms with van der Waals surface area (Å²) in [6.45, 7) is 1.71. The van der Waals surface area contributed by atoms with Crippen LogP contribution >= 0.6 is 0 Å². The highest BCUT2D eigenvalue weighted by Gasteiger charge is 2.74. The van der Waals surface area contributed by atoms with Crippen LogP contribution in [-0.2, 0) is 19.4 Å². The minimum absolute atomic E-state index is 0.0868. The maximum atomic E-state index is 13.2. The van der Waals surface area contributed by atoms with Gasteiger partial charge in [0.25, 0.3) is 0 Å². The number of hydrogen-bond acceptors (Lipinski definition) is 5. The molecule has 3 unspecified atom stereocenters. The number of esters is 1. The molecule has 5 nitrogen and oxygen atoms in total. The first-order valence-electron chi connectivity index (χ1n) is 7.84. The third-order valence-corrected chi connectivity index (χ3v) is 6.70. The number of nitrogens with two attached hydrogens (primary N) is 1. The second-order valence-corrected chi connectivity index (χ2v) is 8.03. The SMILES string of the molecule is CCOC(=O)C1(N)C(c2ccc(F)cc2)C1S(=O)(=O)c1ccccc1. The molecule has 1 fully saturated rings. The fourth-order valence-electron chi connectivity index (χ4n) is 3.19. The first-order chi connectivity index (χ1) is 11.8. The third-order valence-electron chi connectivity index (χ3n) is 4.44. The van der Waals surface area contributed by atoms with Crippen molar-refractivity contribution >= 4 is 15.8 Å². The Labute approximate surface area is 145 Å². The summed E-state index contributed by atoms with van der Waals surface area (Å²) in [5.74, 6) is -2.02. The van der Waals surface area contributed by atoms with E-state index in [1.54, 1.807) is 25.1 Å². The Balaban J connectivity index is 2.06. The van der Waals surface area contributed by atoms with Gasteiger partial charge in [0.1, 0.15) is 16.6 Å². The van der Waals surface area contributed by atoms with Crippen LogP contribution in [0, 0.1) is 5.82 Å². The smallest absolute Gasteiger partial charge is 0.328 e. The van der Waals surface area contributed by atoms with Gasteiger partial charge in [-0.3, -0.25) is 0 Å². The molecule has 7 heteroatoms. The Morgan fingerprint density at radius 3 is 2.32 bits per heavy atom. The van der Waals surface area contributed by atoms with E-state index >= 15 is 0 Å². The third kappa shape index (κ3) is 2.83. The Morgan fingerprint density at radius 1 is 1.16 bits per heavy atom. The van der Waals surface area contributed by atoms with Gasteiger partial charge in [0.05, 0.1) is 11.5 Å². The summed E-state index contributed by atoms with van der Waals surface area (Å²) in [5.41, 5.74) is 5.01. The molecule has 2 aromatic rings. The van der Waals surface area contributed by atoms with Crippen LogP contribution in [0.4, 0.5) is 4.39 Å². The molecule has 2 aromatic carbocycles. The van der Waals surface area contributed by atoms with Gasteiger partial charge in [0.2, 0.25) is 0 Å². The molecular formula is C18H18FNO4S. The minimum atomic E-state index is -3.86. The summed E-state index contributed by atoms with van der Waals surface area (Å²) >= 11 is 0. The van der Waals surface area contributed by atoms with E-state index in [0.29, 0.717) is 5.56 Å². The average Bonchev–Trinajstić information content (AvgIpc) is 3.25. The van der Waals surface area contributed by atoms with Gasteiger partial charge in [0.15, 0.2) is 9.84 Å². The molecule has 0 amide bonds. The maximum Gasteiger partial charge on any atom is 0.328 e. The largest absolute Gasteiger partial charge is 0.465 e.